The minimum Gasteiger partial charge on any atom is -0.481 e. The van der Waals surface area contributed by atoms with Crippen molar-refractivity contribution in [2.24, 2.45) is 5.92 Å². The molecule has 2 aliphatic rings. The van der Waals surface area contributed by atoms with E-state index in [0.29, 0.717) is 6.61 Å². The summed E-state index contributed by atoms with van der Waals surface area (Å²) < 4.78 is 9.82. The van der Waals surface area contributed by atoms with Gasteiger partial charge in [0.1, 0.15) is 18.3 Å². The molecule has 2 heterocycles. The minimum atomic E-state index is -0.488. The minimum absolute atomic E-state index is 0.155. The van der Waals surface area contributed by atoms with Crippen molar-refractivity contribution in [3.63, 3.8) is 0 Å². The normalized spacial score (nSPS) is 32.2. The highest BCUT2D eigenvalue weighted by atomic mass is 16.6. The Morgan fingerprint density at radius 1 is 1.54 bits per heavy atom. The molecule has 0 aromatic rings. The Balaban J connectivity index is 2.36. The van der Waals surface area contributed by atoms with E-state index < -0.39 is 5.97 Å². The molecule has 0 spiro atoms. The molecule has 13 heavy (non-hydrogen) atoms. The summed E-state index contributed by atoms with van der Waals surface area (Å²) >= 11 is 0. The summed E-state index contributed by atoms with van der Waals surface area (Å²) in [5.41, 5.74) is 0.237. The maximum atomic E-state index is 11.4. The highest BCUT2D eigenvalue weighted by molar-refractivity contribution is 5.90. The Bertz CT molecular complexity index is 303. The van der Waals surface area contributed by atoms with Gasteiger partial charge in [0.05, 0.1) is 5.92 Å². The Labute approximate surface area is 75.5 Å². The van der Waals surface area contributed by atoms with Crippen LogP contribution in [0.3, 0.4) is 0 Å². The first kappa shape index (κ1) is 8.16. The summed E-state index contributed by atoms with van der Waals surface area (Å²) in [6, 6.07) is 0. The molecule has 0 saturated heterocycles. The van der Waals surface area contributed by atoms with Gasteiger partial charge in [-0.15, -0.1) is 0 Å². The van der Waals surface area contributed by atoms with E-state index in [2.05, 4.69) is 0 Å². The molecule has 2 aliphatic heterocycles. The van der Waals surface area contributed by atoms with Crippen molar-refractivity contribution in [2.75, 3.05) is 6.61 Å². The Hall–Kier alpha value is -1.45. The topological polar surface area (TPSA) is 55.8 Å². The molecule has 0 saturated carbocycles. The molecule has 0 amide bonds. The molecule has 70 valence electrons. The van der Waals surface area contributed by atoms with Crippen LogP contribution in [0.2, 0.25) is 0 Å². The molecule has 0 unspecified atom stereocenters. The second kappa shape index (κ2) is 2.80. The second-order valence-electron chi connectivity index (χ2n) is 3.13. The van der Waals surface area contributed by atoms with E-state index in [0.717, 1.165) is 0 Å². The average molecular weight is 182 g/mol. The first-order valence-corrected chi connectivity index (χ1v) is 4.13. The van der Waals surface area contributed by atoms with Crippen molar-refractivity contribution in [3.05, 3.63) is 23.7 Å². The summed E-state index contributed by atoms with van der Waals surface area (Å²) in [5, 5.41) is 9.23. The van der Waals surface area contributed by atoms with Gasteiger partial charge in [-0.3, -0.25) is 0 Å². The number of aliphatic hydroxyl groups excluding tert-OH is 1. The molecule has 2 rings (SSSR count). The van der Waals surface area contributed by atoms with Gasteiger partial charge in [-0.25, -0.2) is 4.79 Å². The third-order valence-corrected chi connectivity index (χ3v) is 2.13. The van der Waals surface area contributed by atoms with Crippen molar-refractivity contribution in [1.29, 1.82) is 0 Å². The smallest absolute Gasteiger partial charge is 0.342 e. The van der Waals surface area contributed by atoms with Gasteiger partial charge in [-0.05, 0) is 13.0 Å². The third-order valence-electron chi connectivity index (χ3n) is 2.13. The maximum absolute atomic E-state index is 11.4. The van der Waals surface area contributed by atoms with E-state index in [-0.39, 0.29) is 23.5 Å². The SMILES string of the molecule is C[C@H]1C=C[C@H]2COC(O)=C2C(=O)O1. The number of ether oxygens (including phenoxy) is 2. The molecular formula is C9H10O4. The molecule has 1 N–H and O–H groups in total. The summed E-state index contributed by atoms with van der Waals surface area (Å²) in [7, 11) is 0. The van der Waals surface area contributed by atoms with E-state index in [9.17, 15) is 9.90 Å². The van der Waals surface area contributed by atoms with Crippen LogP contribution in [0, 0.1) is 5.92 Å². The highest BCUT2D eigenvalue weighted by Crippen LogP contribution is 2.28. The zero-order valence-electron chi connectivity index (χ0n) is 7.19. The molecule has 0 aliphatic carbocycles. The molecule has 0 fully saturated rings. The van der Waals surface area contributed by atoms with Crippen LogP contribution in [0.4, 0.5) is 0 Å². The first-order valence-electron chi connectivity index (χ1n) is 4.13. The number of hydrogen-bond donors (Lipinski definition) is 1. The highest BCUT2D eigenvalue weighted by Gasteiger charge is 2.34. The van der Waals surface area contributed by atoms with Crippen molar-refractivity contribution in [1.82, 2.24) is 0 Å². The molecule has 4 heteroatoms. The summed E-state index contributed by atoms with van der Waals surface area (Å²) in [6.45, 7) is 2.09. The number of carbonyl (C=O) groups excluding carboxylic acids is 1. The fourth-order valence-electron chi connectivity index (χ4n) is 1.44. The molecule has 0 radical (unpaired) electrons. The molecule has 4 nitrogen and oxygen atoms in total. The predicted molar refractivity (Wildman–Crippen MR) is 43.8 cm³/mol. The fraction of sp³-hybridized carbons (Fsp3) is 0.444. The molecule has 2 atom stereocenters. The van der Waals surface area contributed by atoms with Crippen molar-refractivity contribution >= 4 is 5.97 Å². The standard InChI is InChI=1S/C9H10O4/c1-5-2-3-6-4-12-8(10)7(6)9(11)13-5/h2-3,5-6,10H,4H2,1H3/t5-,6-/m0/s1. The summed E-state index contributed by atoms with van der Waals surface area (Å²) in [5.74, 6) is -0.941. The predicted octanol–water partition coefficient (Wildman–Crippen LogP) is 0.904. The Morgan fingerprint density at radius 2 is 2.31 bits per heavy atom. The van der Waals surface area contributed by atoms with E-state index in [1.165, 1.54) is 0 Å². The lowest BCUT2D eigenvalue weighted by atomic mass is 10.0. The lowest BCUT2D eigenvalue weighted by Gasteiger charge is -2.06. The van der Waals surface area contributed by atoms with Crippen molar-refractivity contribution in [2.45, 2.75) is 13.0 Å². The number of esters is 1. The van der Waals surface area contributed by atoms with Crippen LogP contribution in [0.1, 0.15) is 6.92 Å². The van der Waals surface area contributed by atoms with Crippen LogP contribution in [-0.4, -0.2) is 23.8 Å². The quantitative estimate of drug-likeness (QED) is 0.446. The first-order chi connectivity index (χ1) is 6.18. The summed E-state index contributed by atoms with van der Waals surface area (Å²) in [4.78, 5) is 11.4. The van der Waals surface area contributed by atoms with Gasteiger partial charge in [-0.1, -0.05) is 6.08 Å². The van der Waals surface area contributed by atoms with Gasteiger partial charge >= 0.3 is 5.97 Å². The van der Waals surface area contributed by atoms with Crippen LogP contribution in [-0.2, 0) is 14.3 Å². The van der Waals surface area contributed by atoms with E-state index in [4.69, 9.17) is 9.47 Å². The van der Waals surface area contributed by atoms with Crippen molar-refractivity contribution in [3.8, 4) is 0 Å². The zero-order valence-corrected chi connectivity index (χ0v) is 7.19. The van der Waals surface area contributed by atoms with Gasteiger partial charge in [0.2, 0.25) is 0 Å². The molecular weight excluding hydrogens is 172 g/mol. The third kappa shape index (κ3) is 1.28. The van der Waals surface area contributed by atoms with Gasteiger partial charge in [0.15, 0.2) is 0 Å². The second-order valence-corrected chi connectivity index (χ2v) is 3.13. The molecule has 0 aromatic carbocycles. The zero-order chi connectivity index (χ0) is 9.42. The molecule has 0 bridgehead atoms. The van der Waals surface area contributed by atoms with Gasteiger partial charge < -0.3 is 14.6 Å². The van der Waals surface area contributed by atoms with Crippen LogP contribution < -0.4 is 0 Å². The van der Waals surface area contributed by atoms with Crippen LogP contribution in [0.25, 0.3) is 0 Å². The molecule has 0 aromatic heterocycles. The maximum Gasteiger partial charge on any atom is 0.342 e. The number of fused-ring (bicyclic) bond motifs is 1. The Morgan fingerprint density at radius 3 is 3.08 bits per heavy atom. The lowest BCUT2D eigenvalue weighted by molar-refractivity contribution is -0.141. The monoisotopic (exact) mass is 182 g/mol. The Kier molecular flexibility index (Phi) is 1.76. The van der Waals surface area contributed by atoms with E-state index in [1.807, 2.05) is 6.08 Å². The van der Waals surface area contributed by atoms with E-state index in [1.54, 1.807) is 13.0 Å². The number of rotatable bonds is 0. The number of carbonyl (C=O) groups is 1. The van der Waals surface area contributed by atoms with Crippen LogP contribution in [0.5, 0.6) is 0 Å². The largest absolute Gasteiger partial charge is 0.481 e. The van der Waals surface area contributed by atoms with E-state index >= 15 is 0 Å². The van der Waals surface area contributed by atoms with Gasteiger partial charge in [0, 0.05) is 0 Å². The summed E-state index contributed by atoms with van der Waals surface area (Å²) in [6.07, 6.45) is 3.38. The van der Waals surface area contributed by atoms with Crippen LogP contribution in [0.15, 0.2) is 23.7 Å². The lowest BCUT2D eigenvalue weighted by Crippen LogP contribution is -2.15. The average Bonchev–Trinajstić information content (AvgIpc) is 2.36. The van der Waals surface area contributed by atoms with Crippen molar-refractivity contribution < 1.29 is 19.4 Å². The van der Waals surface area contributed by atoms with Crippen LogP contribution >= 0.6 is 0 Å². The van der Waals surface area contributed by atoms with Gasteiger partial charge in [-0.2, -0.15) is 0 Å². The van der Waals surface area contributed by atoms with Gasteiger partial charge in [0.25, 0.3) is 5.95 Å². The number of aliphatic hydroxyl groups is 1. The number of cyclic esters (lactones) is 1. The number of hydrogen-bond acceptors (Lipinski definition) is 4. The fourth-order valence-corrected chi connectivity index (χ4v) is 1.44.